The second kappa shape index (κ2) is 11.0. The highest BCUT2D eigenvalue weighted by molar-refractivity contribution is 5.92. The second-order valence-electron chi connectivity index (χ2n) is 5.82. The average molecular weight is 393 g/mol. The Labute approximate surface area is 168 Å². The fourth-order valence-electron chi connectivity index (χ4n) is 2.19. The molecule has 0 radical (unpaired) electrons. The number of rotatable bonds is 9. The SMILES string of the molecule is C=CC(=O)OCCCCOC(=O)c1ccc(OC(=O)c2ccc(C#N)cc2)cc1. The number of hydrogen-bond acceptors (Lipinski definition) is 7. The minimum atomic E-state index is -0.568. The van der Waals surface area contributed by atoms with Crippen molar-refractivity contribution in [2.45, 2.75) is 12.8 Å². The van der Waals surface area contributed by atoms with E-state index in [4.69, 9.17) is 19.5 Å². The lowest BCUT2D eigenvalue weighted by molar-refractivity contribution is -0.137. The van der Waals surface area contributed by atoms with Gasteiger partial charge in [0.25, 0.3) is 0 Å². The summed E-state index contributed by atoms with van der Waals surface area (Å²) in [4.78, 5) is 35.0. The Balaban J connectivity index is 1.77. The van der Waals surface area contributed by atoms with Crippen molar-refractivity contribution in [3.63, 3.8) is 0 Å². The van der Waals surface area contributed by atoms with Crippen LogP contribution in [0.25, 0.3) is 0 Å². The van der Waals surface area contributed by atoms with Crippen molar-refractivity contribution in [1.29, 1.82) is 5.26 Å². The summed E-state index contributed by atoms with van der Waals surface area (Å²) in [6, 6.07) is 14.0. The van der Waals surface area contributed by atoms with Crippen LogP contribution in [-0.2, 0) is 14.3 Å². The lowest BCUT2D eigenvalue weighted by atomic mass is 10.1. The maximum Gasteiger partial charge on any atom is 0.343 e. The fourth-order valence-corrected chi connectivity index (χ4v) is 2.19. The average Bonchev–Trinajstić information content (AvgIpc) is 2.76. The molecule has 29 heavy (non-hydrogen) atoms. The minimum absolute atomic E-state index is 0.194. The molecule has 0 aliphatic rings. The molecule has 0 atom stereocenters. The van der Waals surface area contributed by atoms with E-state index in [0.717, 1.165) is 6.08 Å². The number of nitrogens with zero attached hydrogens (tertiary/aromatic N) is 1. The molecule has 0 bridgehead atoms. The first-order valence-electron chi connectivity index (χ1n) is 8.82. The molecule has 0 aliphatic carbocycles. The van der Waals surface area contributed by atoms with Crippen LogP contribution in [0.3, 0.4) is 0 Å². The van der Waals surface area contributed by atoms with E-state index < -0.39 is 17.9 Å². The van der Waals surface area contributed by atoms with Crippen molar-refractivity contribution in [3.05, 3.63) is 77.9 Å². The largest absolute Gasteiger partial charge is 0.463 e. The maximum atomic E-state index is 12.1. The molecule has 0 spiro atoms. The van der Waals surface area contributed by atoms with Crippen molar-refractivity contribution in [2.75, 3.05) is 13.2 Å². The van der Waals surface area contributed by atoms with Gasteiger partial charge in [-0.15, -0.1) is 0 Å². The van der Waals surface area contributed by atoms with Gasteiger partial charge >= 0.3 is 17.9 Å². The zero-order chi connectivity index (χ0) is 21.1. The van der Waals surface area contributed by atoms with E-state index in [-0.39, 0.29) is 19.0 Å². The van der Waals surface area contributed by atoms with E-state index in [2.05, 4.69) is 6.58 Å². The molecule has 0 amide bonds. The van der Waals surface area contributed by atoms with Crippen molar-refractivity contribution < 1.29 is 28.6 Å². The predicted molar refractivity (Wildman–Crippen MR) is 103 cm³/mol. The smallest absolute Gasteiger partial charge is 0.343 e. The molecule has 0 unspecified atom stereocenters. The molecule has 148 valence electrons. The van der Waals surface area contributed by atoms with Crippen molar-refractivity contribution in [2.24, 2.45) is 0 Å². The van der Waals surface area contributed by atoms with E-state index in [0.29, 0.717) is 29.5 Å². The highest BCUT2D eigenvalue weighted by Crippen LogP contribution is 2.15. The normalized spacial score (nSPS) is 9.76. The van der Waals surface area contributed by atoms with Gasteiger partial charge in [-0.1, -0.05) is 6.58 Å². The molecule has 2 aromatic rings. The molecule has 0 saturated carbocycles. The summed E-state index contributed by atoms with van der Waals surface area (Å²) in [5.74, 6) is -1.28. The number of benzene rings is 2. The Morgan fingerprint density at radius 1 is 0.862 bits per heavy atom. The Hall–Kier alpha value is -3.92. The Bertz CT molecular complexity index is 910. The zero-order valence-corrected chi connectivity index (χ0v) is 15.6. The van der Waals surface area contributed by atoms with Gasteiger partial charge in [-0.2, -0.15) is 5.26 Å². The van der Waals surface area contributed by atoms with E-state index in [1.807, 2.05) is 6.07 Å². The Kier molecular flexibility index (Phi) is 8.14. The van der Waals surface area contributed by atoms with Crippen LogP contribution < -0.4 is 4.74 Å². The molecule has 7 nitrogen and oxygen atoms in total. The van der Waals surface area contributed by atoms with Crippen LogP contribution in [0.5, 0.6) is 5.75 Å². The molecule has 0 fully saturated rings. The summed E-state index contributed by atoms with van der Waals surface area (Å²) < 4.78 is 15.2. The first-order valence-corrected chi connectivity index (χ1v) is 8.82. The van der Waals surface area contributed by atoms with Crippen LogP contribution in [0.1, 0.15) is 39.1 Å². The molecule has 0 heterocycles. The van der Waals surface area contributed by atoms with Gasteiger partial charge in [0.1, 0.15) is 5.75 Å². The topological polar surface area (TPSA) is 103 Å². The highest BCUT2D eigenvalue weighted by Gasteiger charge is 2.11. The number of carbonyl (C=O) groups is 3. The van der Waals surface area contributed by atoms with Gasteiger partial charge < -0.3 is 14.2 Å². The monoisotopic (exact) mass is 393 g/mol. The van der Waals surface area contributed by atoms with Gasteiger partial charge in [-0.05, 0) is 61.4 Å². The van der Waals surface area contributed by atoms with Crippen LogP contribution in [0.15, 0.2) is 61.2 Å². The molecule has 0 aromatic heterocycles. The third-order valence-electron chi connectivity index (χ3n) is 3.73. The summed E-state index contributed by atoms with van der Waals surface area (Å²) in [6.45, 7) is 3.73. The quantitative estimate of drug-likeness (QED) is 0.278. The molecule has 0 aliphatic heterocycles. The van der Waals surface area contributed by atoms with Crippen molar-refractivity contribution in [3.8, 4) is 11.8 Å². The minimum Gasteiger partial charge on any atom is -0.463 e. The predicted octanol–water partition coefficient (Wildman–Crippen LogP) is 3.44. The summed E-state index contributed by atoms with van der Waals surface area (Å²) in [5.41, 5.74) is 1.08. The number of esters is 3. The van der Waals surface area contributed by atoms with Crippen LogP contribution in [-0.4, -0.2) is 31.1 Å². The molecule has 0 N–H and O–H groups in total. The van der Waals surface area contributed by atoms with Gasteiger partial charge in [-0.3, -0.25) is 0 Å². The van der Waals surface area contributed by atoms with Crippen LogP contribution >= 0.6 is 0 Å². The number of nitriles is 1. The van der Waals surface area contributed by atoms with Gasteiger partial charge in [0.15, 0.2) is 0 Å². The molecule has 2 aromatic carbocycles. The Morgan fingerprint density at radius 2 is 1.41 bits per heavy atom. The lowest BCUT2D eigenvalue weighted by Crippen LogP contribution is -2.10. The Morgan fingerprint density at radius 3 is 2.00 bits per heavy atom. The fraction of sp³-hybridized carbons (Fsp3) is 0.182. The lowest BCUT2D eigenvalue weighted by Gasteiger charge is -2.07. The molecule has 7 heteroatoms. The van der Waals surface area contributed by atoms with E-state index >= 15 is 0 Å². The summed E-state index contributed by atoms with van der Waals surface area (Å²) in [5, 5.41) is 8.77. The van der Waals surface area contributed by atoms with Crippen LogP contribution in [0.4, 0.5) is 0 Å². The first kappa shape index (κ1) is 21.4. The van der Waals surface area contributed by atoms with Gasteiger partial charge in [0.2, 0.25) is 0 Å². The third-order valence-corrected chi connectivity index (χ3v) is 3.73. The van der Waals surface area contributed by atoms with E-state index in [1.165, 1.54) is 48.5 Å². The van der Waals surface area contributed by atoms with E-state index in [9.17, 15) is 14.4 Å². The zero-order valence-electron chi connectivity index (χ0n) is 15.6. The number of unbranched alkanes of at least 4 members (excludes halogenated alkanes) is 1. The molecular formula is C22H19NO6. The number of hydrogen-bond donors (Lipinski definition) is 0. The van der Waals surface area contributed by atoms with Crippen LogP contribution in [0, 0.1) is 11.3 Å². The standard InChI is InChI=1S/C22H19NO6/c1-2-20(24)27-13-3-4-14-28-21(25)17-9-11-19(12-10-17)29-22(26)18-7-5-16(15-23)6-8-18/h2,5-12H,1,3-4,13-14H2. The molecular weight excluding hydrogens is 374 g/mol. The molecule has 2 rings (SSSR count). The first-order chi connectivity index (χ1) is 14.0. The number of carbonyl (C=O) groups excluding carboxylic acids is 3. The summed E-state index contributed by atoms with van der Waals surface area (Å²) in [6.07, 6.45) is 2.21. The highest BCUT2D eigenvalue weighted by atomic mass is 16.5. The second-order valence-corrected chi connectivity index (χ2v) is 5.82. The van der Waals surface area contributed by atoms with Gasteiger partial charge in [-0.25, -0.2) is 14.4 Å². The van der Waals surface area contributed by atoms with Crippen LogP contribution in [0.2, 0.25) is 0 Å². The van der Waals surface area contributed by atoms with Gasteiger partial charge in [0, 0.05) is 6.08 Å². The third kappa shape index (κ3) is 6.96. The summed E-state index contributed by atoms with van der Waals surface area (Å²) in [7, 11) is 0. The van der Waals surface area contributed by atoms with Gasteiger partial charge in [0.05, 0.1) is 36.0 Å². The maximum absolute atomic E-state index is 12.1. The van der Waals surface area contributed by atoms with Crippen molar-refractivity contribution >= 4 is 17.9 Å². The number of ether oxygens (including phenoxy) is 3. The summed E-state index contributed by atoms with van der Waals surface area (Å²) >= 11 is 0. The molecule has 0 saturated heterocycles. The van der Waals surface area contributed by atoms with Crippen molar-refractivity contribution in [1.82, 2.24) is 0 Å². The van der Waals surface area contributed by atoms with E-state index in [1.54, 1.807) is 0 Å².